The highest BCUT2D eigenvalue weighted by Gasteiger charge is 2.30. The number of alkyl halides is 3. The van der Waals surface area contributed by atoms with Crippen LogP contribution in [0.2, 0.25) is 0 Å². The van der Waals surface area contributed by atoms with Gasteiger partial charge < -0.3 is 10.1 Å². The predicted octanol–water partition coefficient (Wildman–Crippen LogP) is 3.43. The van der Waals surface area contributed by atoms with E-state index in [2.05, 4.69) is 5.32 Å². The van der Waals surface area contributed by atoms with Gasteiger partial charge in [0.05, 0.1) is 10.5 Å². The molecule has 0 fully saturated rings. The first kappa shape index (κ1) is 23.7. The maximum Gasteiger partial charge on any atom is 0.416 e. The summed E-state index contributed by atoms with van der Waals surface area (Å²) in [5.41, 5.74) is -0.109. The first-order valence-corrected chi connectivity index (χ1v) is 10.7. The van der Waals surface area contributed by atoms with Gasteiger partial charge in [-0.1, -0.05) is 26.0 Å². The summed E-state index contributed by atoms with van der Waals surface area (Å²) in [4.78, 5) is 12.1. The Bertz CT molecular complexity index is 940. The van der Waals surface area contributed by atoms with Crippen molar-refractivity contribution < 1.29 is 31.1 Å². The van der Waals surface area contributed by atoms with Crippen molar-refractivity contribution in [2.75, 3.05) is 19.7 Å². The van der Waals surface area contributed by atoms with Crippen molar-refractivity contribution in [3.63, 3.8) is 0 Å². The zero-order valence-electron chi connectivity index (χ0n) is 16.6. The van der Waals surface area contributed by atoms with Crippen LogP contribution in [0.4, 0.5) is 13.2 Å². The van der Waals surface area contributed by atoms with E-state index in [1.54, 1.807) is 26.0 Å². The van der Waals surface area contributed by atoms with Crippen LogP contribution in [0.5, 0.6) is 5.75 Å². The highest BCUT2D eigenvalue weighted by atomic mass is 32.2. The topological polar surface area (TPSA) is 75.7 Å². The summed E-state index contributed by atoms with van der Waals surface area (Å²) in [6.07, 6.45) is -4.43. The molecule has 0 saturated heterocycles. The summed E-state index contributed by atoms with van der Waals surface area (Å²) in [7, 11) is -3.55. The van der Waals surface area contributed by atoms with E-state index in [0.717, 1.165) is 24.3 Å². The largest absolute Gasteiger partial charge is 0.484 e. The summed E-state index contributed by atoms with van der Waals surface area (Å²) in [5, 5.41) is 2.60. The van der Waals surface area contributed by atoms with Crippen molar-refractivity contribution in [3.05, 3.63) is 59.7 Å². The number of halogens is 3. The number of benzene rings is 2. The molecule has 0 aliphatic rings. The van der Waals surface area contributed by atoms with Crippen LogP contribution in [-0.2, 0) is 27.5 Å². The maximum atomic E-state index is 12.5. The lowest BCUT2D eigenvalue weighted by Crippen LogP contribution is -2.30. The molecule has 2 aromatic rings. The van der Waals surface area contributed by atoms with Crippen molar-refractivity contribution in [2.45, 2.75) is 31.5 Å². The highest BCUT2D eigenvalue weighted by Crippen LogP contribution is 2.30. The highest BCUT2D eigenvalue weighted by molar-refractivity contribution is 7.89. The molecule has 0 heterocycles. The van der Waals surface area contributed by atoms with Crippen molar-refractivity contribution in [3.8, 4) is 5.75 Å². The third-order valence-corrected chi connectivity index (χ3v) is 6.37. The van der Waals surface area contributed by atoms with E-state index >= 15 is 0 Å². The molecule has 0 radical (unpaired) electrons. The summed E-state index contributed by atoms with van der Waals surface area (Å²) < 4.78 is 69.0. The fourth-order valence-electron chi connectivity index (χ4n) is 2.63. The molecule has 2 rings (SSSR count). The molecule has 0 spiro atoms. The lowest BCUT2D eigenvalue weighted by atomic mass is 10.2. The predicted molar refractivity (Wildman–Crippen MR) is 105 cm³/mol. The fraction of sp³-hybridized carbons (Fsp3) is 0.350. The van der Waals surface area contributed by atoms with Gasteiger partial charge >= 0.3 is 6.18 Å². The molecule has 10 heteroatoms. The summed E-state index contributed by atoms with van der Waals surface area (Å²) in [5.74, 6) is -0.321. The number of carbonyl (C=O) groups is 1. The molecule has 0 unspecified atom stereocenters. The van der Waals surface area contributed by atoms with Crippen LogP contribution in [0.1, 0.15) is 25.0 Å². The Balaban J connectivity index is 1.86. The van der Waals surface area contributed by atoms with Gasteiger partial charge in [0.25, 0.3) is 5.91 Å². The van der Waals surface area contributed by atoms with Gasteiger partial charge in [0, 0.05) is 19.6 Å². The number of ether oxygens (including phenoxy) is 1. The first-order chi connectivity index (χ1) is 14.1. The summed E-state index contributed by atoms with van der Waals surface area (Å²) in [6, 6.07) is 10.2. The molecule has 0 bridgehead atoms. The molecule has 0 aliphatic carbocycles. The Morgan fingerprint density at radius 3 is 2.07 bits per heavy atom. The van der Waals surface area contributed by atoms with Crippen LogP contribution in [0.15, 0.2) is 53.4 Å². The Morgan fingerprint density at radius 2 is 1.57 bits per heavy atom. The minimum atomic E-state index is -4.43. The number of sulfonamides is 1. The van der Waals surface area contributed by atoms with E-state index in [9.17, 15) is 26.4 Å². The molecular weight excluding hydrogens is 421 g/mol. The fourth-order valence-corrected chi connectivity index (χ4v) is 4.09. The van der Waals surface area contributed by atoms with Crippen LogP contribution in [0, 0.1) is 0 Å². The lowest BCUT2D eigenvalue weighted by molar-refractivity contribution is -0.137. The van der Waals surface area contributed by atoms with Gasteiger partial charge in [-0.25, -0.2) is 8.42 Å². The van der Waals surface area contributed by atoms with Gasteiger partial charge in [0.1, 0.15) is 5.75 Å². The van der Waals surface area contributed by atoms with E-state index in [1.165, 1.54) is 16.4 Å². The number of hydrogen-bond donors (Lipinski definition) is 1. The van der Waals surface area contributed by atoms with E-state index in [-0.39, 0.29) is 23.8 Å². The van der Waals surface area contributed by atoms with Crippen molar-refractivity contribution in [1.29, 1.82) is 0 Å². The molecule has 1 amide bonds. The van der Waals surface area contributed by atoms with Gasteiger partial charge in [-0.2, -0.15) is 17.5 Å². The Hall–Kier alpha value is -2.59. The van der Waals surface area contributed by atoms with Crippen LogP contribution in [0.3, 0.4) is 0 Å². The third kappa shape index (κ3) is 6.20. The molecule has 0 aliphatic heterocycles. The van der Waals surface area contributed by atoms with Gasteiger partial charge in [-0.3, -0.25) is 4.79 Å². The molecule has 30 heavy (non-hydrogen) atoms. The van der Waals surface area contributed by atoms with Crippen LogP contribution in [0.25, 0.3) is 0 Å². The second-order valence-corrected chi connectivity index (χ2v) is 8.26. The monoisotopic (exact) mass is 444 g/mol. The number of amides is 1. The molecule has 164 valence electrons. The summed E-state index contributed by atoms with van der Waals surface area (Å²) >= 11 is 0. The zero-order chi connectivity index (χ0) is 22.4. The minimum Gasteiger partial charge on any atom is -0.484 e. The third-order valence-electron chi connectivity index (χ3n) is 4.31. The molecular formula is C20H23F3N2O4S. The molecule has 2 aromatic carbocycles. The molecule has 6 nitrogen and oxygen atoms in total. The van der Waals surface area contributed by atoms with Crippen molar-refractivity contribution in [2.24, 2.45) is 0 Å². The van der Waals surface area contributed by atoms with Crippen LogP contribution in [-0.4, -0.2) is 38.3 Å². The minimum absolute atomic E-state index is 0.143. The van der Waals surface area contributed by atoms with E-state index < -0.39 is 27.7 Å². The van der Waals surface area contributed by atoms with Gasteiger partial charge in [0.15, 0.2) is 6.61 Å². The Morgan fingerprint density at radius 1 is 1.00 bits per heavy atom. The van der Waals surface area contributed by atoms with Crippen LogP contribution >= 0.6 is 0 Å². The van der Waals surface area contributed by atoms with Gasteiger partial charge in [-0.15, -0.1) is 0 Å². The molecule has 0 saturated carbocycles. The number of rotatable bonds is 9. The van der Waals surface area contributed by atoms with Crippen molar-refractivity contribution >= 4 is 15.9 Å². The molecule has 1 N–H and O–H groups in total. The maximum absolute atomic E-state index is 12.5. The Labute approximate surface area is 173 Å². The average Bonchev–Trinajstić information content (AvgIpc) is 2.71. The number of hydrogen-bond acceptors (Lipinski definition) is 4. The SMILES string of the molecule is CCN(CC)S(=O)(=O)c1ccc(CNC(=O)COc2ccc(C(F)(F)F)cc2)cc1. The van der Waals surface area contributed by atoms with E-state index in [0.29, 0.717) is 18.7 Å². The Kier molecular flexibility index (Phi) is 7.85. The van der Waals surface area contributed by atoms with E-state index in [4.69, 9.17) is 4.74 Å². The second kappa shape index (κ2) is 9.94. The normalized spacial score (nSPS) is 12.1. The second-order valence-electron chi connectivity index (χ2n) is 6.32. The summed E-state index contributed by atoms with van der Waals surface area (Å²) in [6.45, 7) is 4.06. The quantitative estimate of drug-likeness (QED) is 0.643. The lowest BCUT2D eigenvalue weighted by Gasteiger charge is -2.18. The number of nitrogens with one attached hydrogen (secondary N) is 1. The first-order valence-electron chi connectivity index (χ1n) is 9.23. The molecule has 0 atom stereocenters. The standard InChI is InChI=1S/C20H23F3N2O4S/c1-3-25(4-2)30(27,28)18-11-5-15(6-12-18)13-24-19(26)14-29-17-9-7-16(8-10-17)20(21,22)23/h5-12H,3-4,13-14H2,1-2H3,(H,24,26). The average molecular weight is 444 g/mol. The van der Waals surface area contributed by atoms with E-state index in [1.807, 2.05) is 0 Å². The molecule has 0 aromatic heterocycles. The zero-order valence-corrected chi connectivity index (χ0v) is 17.4. The number of carbonyl (C=O) groups excluding carboxylic acids is 1. The van der Waals surface area contributed by atoms with Gasteiger partial charge in [0.2, 0.25) is 10.0 Å². The number of nitrogens with zero attached hydrogens (tertiary/aromatic N) is 1. The van der Waals surface area contributed by atoms with Crippen LogP contribution < -0.4 is 10.1 Å². The van der Waals surface area contributed by atoms with Crippen molar-refractivity contribution in [1.82, 2.24) is 9.62 Å². The smallest absolute Gasteiger partial charge is 0.416 e. The van der Waals surface area contributed by atoms with Gasteiger partial charge in [-0.05, 0) is 42.0 Å².